The van der Waals surface area contributed by atoms with Crippen LogP contribution in [-0.2, 0) is 4.74 Å². The predicted octanol–water partition coefficient (Wildman–Crippen LogP) is 2.21. The molecule has 0 aromatic carbocycles. The number of rotatable bonds is 1. The zero-order chi connectivity index (χ0) is 6.69. The largest absolute Gasteiger partial charge is 0.343 e. The van der Waals surface area contributed by atoms with E-state index < -0.39 is 0 Å². The maximum Gasteiger partial charge on any atom is 0.107 e. The standard InChI is InChI=1S/C7H9IO/c1-6-3-4-7(9-2)8-5-6/h3-5H,1-2H3. The van der Waals surface area contributed by atoms with Crippen LogP contribution in [0.1, 0.15) is 6.92 Å². The number of hydrogen-bond acceptors (Lipinski definition) is 1. The van der Waals surface area contributed by atoms with Gasteiger partial charge in [-0.15, -0.1) is 0 Å². The molecule has 0 saturated heterocycles. The molecule has 0 aromatic rings. The minimum absolute atomic E-state index is 0.0541. The summed E-state index contributed by atoms with van der Waals surface area (Å²) in [5.74, 6) is 0. The molecule has 0 radical (unpaired) electrons. The van der Waals surface area contributed by atoms with Crippen LogP contribution < -0.4 is 0 Å². The lowest BCUT2D eigenvalue weighted by atomic mass is 10.3. The Labute approximate surface area is 65.2 Å². The average molecular weight is 236 g/mol. The van der Waals surface area contributed by atoms with Crippen molar-refractivity contribution in [3.8, 4) is 0 Å². The van der Waals surface area contributed by atoms with Gasteiger partial charge in [-0.3, -0.25) is 0 Å². The van der Waals surface area contributed by atoms with Crippen LogP contribution in [0.25, 0.3) is 0 Å². The van der Waals surface area contributed by atoms with Crippen LogP contribution in [0.5, 0.6) is 0 Å². The molecule has 0 aliphatic carbocycles. The summed E-state index contributed by atoms with van der Waals surface area (Å²) in [5, 5.41) is 0. The highest BCUT2D eigenvalue weighted by Gasteiger charge is 1.92. The molecule has 0 bridgehead atoms. The Bertz CT molecular complexity index is 189. The third-order valence-electron chi connectivity index (χ3n) is 1.01. The van der Waals surface area contributed by atoms with Crippen LogP contribution >= 0.6 is 20.7 Å². The lowest BCUT2D eigenvalue weighted by Gasteiger charge is -1.99. The number of allylic oxidation sites excluding steroid dienone is 2. The average Bonchev–Trinajstić information content (AvgIpc) is 1.90. The van der Waals surface area contributed by atoms with E-state index in [2.05, 4.69) is 23.2 Å². The first-order valence-electron chi connectivity index (χ1n) is 2.72. The maximum absolute atomic E-state index is 5.07. The second-order valence-corrected chi connectivity index (χ2v) is 4.11. The van der Waals surface area contributed by atoms with Crippen LogP contribution in [0, 0.1) is 0 Å². The SMILES string of the molecule is COC1=IC=C(C)C=C1. The Balaban J connectivity index is 2.75. The molecule has 1 aliphatic rings. The van der Waals surface area contributed by atoms with Gasteiger partial charge in [-0.2, -0.15) is 0 Å². The molecule has 9 heavy (non-hydrogen) atoms. The van der Waals surface area contributed by atoms with E-state index in [1.807, 2.05) is 0 Å². The molecule has 0 fully saturated rings. The van der Waals surface area contributed by atoms with Gasteiger partial charge in [0.25, 0.3) is 0 Å². The Morgan fingerprint density at radius 1 is 1.44 bits per heavy atom. The molecular weight excluding hydrogens is 227 g/mol. The highest BCUT2D eigenvalue weighted by atomic mass is 127. The van der Waals surface area contributed by atoms with Gasteiger partial charge in [0.2, 0.25) is 0 Å². The molecule has 0 saturated carbocycles. The van der Waals surface area contributed by atoms with Crippen LogP contribution in [0.3, 0.4) is 0 Å². The van der Waals surface area contributed by atoms with Gasteiger partial charge in [0, 0.05) is 7.11 Å². The van der Waals surface area contributed by atoms with Gasteiger partial charge in [0.15, 0.2) is 0 Å². The molecule has 1 rings (SSSR count). The summed E-state index contributed by atoms with van der Waals surface area (Å²) >= 11 is 0.0541. The normalized spacial score (nSPS) is 18.0. The Kier molecular flexibility index (Phi) is 2.60. The second kappa shape index (κ2) is 3.27. The predicted molar refractivity (Wildman–Crippen MR) is 48.9 cm³/mol. The van der Waals surface area contributed by atoms with E-state index in [-0.39, 0.29) is 20.7 Å². The first-order valence-corrected chi connectivity index (χ1v) is 5.04. The van der Waals surface area contributed by atoms with Crippen molar-refractivity contribution in [1.29, 1.82) is 0 Å². The lowest BCUT2D eigenvalue weighted by molar-refractivity contribution is 0.419. The number of hydrogen-bond donors (Lipinski definition) is 0. The minimum Gasteiger partial charge on any atom is -0.343 e. The van der Waals surface area contributed by atoms with Crippen molar-refractivity contribution in [2.75, 3.05) is 7.11 Å². The van der Waals surface area contributed by atoms with Crippen LogP contribution in [0.4, 0.5) is 0 Å². The number of halogens is 1. The Morgan fingerprint density at radius 2 is 2.22 bits per heavy atom. The molecule has 1 aliphatic heterocycles. The van der Waals surface area contributed by atoms with Crippen molar-refractivity contribution in [2.24, 2.45) is 0 Å². The quantitative estimate of drug-likeness (QED) is 0.634. The van der Waals surface area contributed by atoms with Crippen molar-refractivity contribution >= 4 is 24.4 Å². The van der Waals surface area contributed by atoms with Gasteiger partial charge < -0.3 is 4.74 Å². The van der Waals surface area contributed by atoms with Gasteiger partial charge >= 0.3 is 0 Å². The van der Waals surface area contributed by atoms with E-state index in [1.54, 1.807) is 7.11 Å². The van der Waals surface area contributed by atoms with Crippen LogP contribution in [0.15, 0.2) is 21.8 Å². The highest BCUT2D eigenvalue weighted by Crippen LogP contribution is 2.14. The third-order valence-corrected chi connectivity index (χ3v) is 3.71. The highest BCUT2D eigenvalue weighted by molar-refractivity contribution is 14.2. The summed E-state index contributed by atoms with van der Waals surface area (Å²) in [5.41, 5.74) is 1.36. The summed E-state index contributed by atoms with van der Waals surface area (Å²) in [6.45, 7) is 2.11. The topological polar surface area (TPSA) is 9.23 Å². The van der Waals surface area contributed by atoms with Crippen molar-refractivity contribution < 1.29 is 4.74 Å². The molecule has 0 spiro atoms. The maximum atomic E-state index is 5.07. The molecule has 50 valence electrons. The summed E-state index contributed by atoms with van der Waals surface area (Å²) < 4.78 is 8.49. The van der Waals surface area contributed by atoms with Gasteiger partial charge in [-0.25, -0.2) is 0 Å². The first kappa shape index (κ1) is 7.15. The smallest absolute Gasteiger partial charge is 0.107 e. The zero-order valence-electron chi connectivity index (χ0n) is 5.52. The van der Waals surface area contributed by atoms with Crippen molar-refractivity contribution in [3.63, 3.8) is 0 Å². The minimum atomic E-state index is 0.0541. The first-order chi connectivity index (χ1) is 4.33. The van der Waals surface area contributed by atoms with Crippen molar-refractivity contribution in [1.82, 2.24) is 0 Å². The summed E-state index contributed by atoms with van der Waals surface area (Å²) in [4.78, 5) is 0. The van der Waals surface area contributed by atoms with E-state index in [4.69, 9.17) is 4.74 Å². The number of ether oxygens (including phenoxy) is 1. The monoisotopic (exact) mass is 236 g/mol. The fraction of sp³-hybridized carbons (Fsp3) is 0.286. The van der Waals surface area contributed by atoms with E-state index in [1.165, 1.54) is 5.57 Å². The summed E-state index contributed by atoms with van der Waals surface area (Å²) in [7, 11) is 1.73. The Hall–Kier alpha value is 0.0400. The molecule has 0 amide bonds. The molecular formula is C7H9IO. The zero-order valence-corrected chi connectivity index (χ0v) is 7.68. The van der Waals surface area contributed by atoms with Gasteiger partial charge in [-0.1, -0.05) is 26.8 Å². The van der Waals surface area contributed by atoms with Crippen molar-refractivity contribution in [2.45, 2.75) is 6.92 Å². The van der Waals surface area contributed by atoms with E-state index >= 15 is 0 Å². The van der Waals surface area contributed by atoms with E-state index in [0.717, 1.165) is 3.69 Å². The molecule has 1 nitrogen and oxygen atoms in total. The molecule has 1 heterocycles. The second-order valence-electron chi connectivity index (χ2n) is 1.80. The Morgan fingerprint density at radius 3 is 2.67 bits per heavy atom. The molecule has 0 aromatic heterocycles. The fourth-order valence-corrected chi connectivity index (χ4v) is 2.17. The molecule has 0 N–H and O–H groups in total. The fourth-order valence-electron chi connectivity index (χ4n) is 0.522. The molecule has 0 unspecified atom stereocenters. The third kappa shape index (κ3) is 2.02. The summed E-state index contributed by atoms with van der Waals surface area (Å²) in [6.07, 6.45) is 4.14. The lowest BCUT2D eigenvalue weighted by Crippen LogP contribution is -1.93. The van der Waals surface area contributed by atoms with Gasteiger partial charge in [-0.05, 0) is 22.7 Å². The molecule has 2 heteroatoms. The van der Waals surface area contributed by atoms with Gasteiger partial charge in [0.05, 0.1) is 0 Å². The van der Waals surface area contributed by atoms with Crippen LogP contribution in [-0.4, -0.2) is 10.8 Å². The van der Waals surface area contributed by atoms with E-state index in [9.17, 15) is 0 Å². The van der Waals surface area contributed by atoms with Crippen molar-refractivity contribution in [3.05, 3.63) is 21.8 Å². The van der Waals surface area contributed by atoms with Gasteiger partial charge in [0.1, 0.15) is 3.69 Å². The molecule has 0 atom stereocenters. The van der Waals surface area contributed by atoms with E-state index in [0.29, 0.717) is 0 Å². The van der Waals surface area contributed by atoms with Crippen LogP contribution in [0.2, 0.25) is 0 Å². The summed E-state index contributed by atoms with van der Waals surface area (Å²) in [6, 6.07) is 0. The number of methoxy groups -OCH3 is 1.